The molecule has 5 heteroatoms. The standard InChI is InChI=1S/C8H12F3N.ClH/c9-8(10,11)6-1-3-7(12,5-6)4-2-6;/h1-5,12H2;1H. The molecule has 0 atom stereocenters. The second-order valence-electron chi connectivity index (χ2n) is 4.32. The van der Waals surface area contributed by atoms with Crippen molar-refractivity contribution < 1.29 is 13.2 Å². The smallest absolute Gasteiger partial charge is 0.325 e. The highest BCUT2D eigenvalue weighted by Gasteiger charge is 2.64. The van der Waals surface area contributed by atoms with Gasteiger partial charge in [-0.3, -0.25) is 0 Å². The van der Waals surface area contributed by atoms with Crippen LogP contribution >= 0.6 is 12.4 Å². The Morgan fingerprint density at radius 2 is 1.46 bits per heavy atom. The molecule has 0 spiro atoms. The van der Waals surface area contributed by atoms with Gasteiger partial charge in [0.15, 0.2) is 0 Å². The van der Waals surface area contributed by atoms with Crippen LogP contribution in [0.4, 0.5) is 13.2 Å². The fourth-order valence-electron chi connectivity index (χ4n) is 2.64. The van der Waals surface area contributed by atoms with Crippen LogP contribution in [0.3, 0.4) is 0 Å². The van der Waals surface area contributed by atoms with Crippen LogP contribution in [0, 0.1) is 5.41 Å². The Morgan fingerprint density at radius 3 is 1.62 bits per heavy atom. The number of hydrogen-bond donors (Lipinski definition) is 1. The first-order valence-electron chi connectivity index (χ1n) is 4.23. The number of fused-ring (bicyclic) bond motifs is 2. The molecule has 2 N–H and O–H groups in total. The second-order valence-corrected chi connectivity index (χ2v) is 4.32. The summed E-state index contributed by atoms with van der Waals surface area (Å²) in [7, 11) is 0. The lowest BCUT2D eigenvalue weighted by Gasteiger charge is -2.28. The average molecular weight is 216 g/mol. The number of alkyl halides is 3. The Bertz CT molecular complexity index is 206. The van der Waals surface area contributed by atoms with Gasteiger partial charge in [-0.15, -0.1) is 12.4 Å². The number of rotatable bonds is 0. The summed E-state index contributed by atoms with van der Waals surface area (Å²) in [6.45, 7) is 0. The molecule has 13 heavy (non-hydrogen) atoms. The minimum atomic E-state index is -4.04. The fourth-order valence-corrected chi connectivity index (χ4v) is 2.64. The van der Waals surface area contributed by atoms with Crippen molar-refractivity contribution in [3.8, 4) is 0 Å². The second kappa shape index (κ2) is 2.76. The Labute approximate surface area is 81.3 Å². The highest BCUT2D eigenvalue weighted by molar-refractivity contribution is 5.85. The van der Waals surface area contributed by atoms with Gasteiger partial charge in [-0.05, 0) is 32.1 Å². The van der Waals surface area contributed by atoms with Crippen LogP contribution in [0.25, 0.3) is 0 Å². The third-order valence-electron chi connectivity index (χ3n) is 3.49. The van der Waals surface area contributed by atoms with Crippen LogP contribution < -0.4 is 5.73 Å². The molecule has 2 fully saturated rings. The summed E-state index contributed by atoms with van der Waals surface area (Å²) in [6, 6.07) is 0. The highest BCUT2D eigenvalue weighted by atomic mass is 35.5. The summed E-state index contributed by atoms with van der Waals surface area (Å²) in [6.07, 6.45) is -2.30. The molecule has 0 aromatic carbocycles. The maximum atomic E-state index is 12.6. The van der Waals surface area contributed by atoms with E-state index in [1.807, 2.05) is 0 Å². The van der Waals surface area contributed by atoms with E-state index in [-0.39, 0.29) is 31.7 Å². The van der Waals surface area contributed by atoms with Crippen LogP contribution in [0.1, 0.15) is 32.1 Å². The van der Waals surface area contributed by atoms with Crippen molar-refractivity contribution in [2.75, 3.05) is 0 Å². The van der Waals surface area contributed by atoms with Gasteiger partial charge in [0.2, 0.25) is 0 Å². The molecule has 0 aliphatic heterocycles. The molecule has 0 aromatic heterocycles. The summed E-state index contributed by atoms with van der Waals surface area (Å²) in [5.41, 5.74) is 3.88. The van der Waals surface area contributed by atoms with Crippen LogP contribution in [0.15, 0.2) is 0 Å². The molecule has 2 rings (SSSR count). The molecule has 2 bridgehead atoms. The number of nitrogens with two attached hydrogens (primary N) is 1. The third-order valence-corrected chi connectivity index (χ3v) is 3.49. The zero-order chi connectivity index (χ0) is 9.04. The molecule has 0 unspecified atom stereocenters. The lowest BCUT2D eigenvalue weighted by Crippen LogP contribution is -2.34. The van der Waals surface area contributed by atoms with Crippen molar-refractivity contribution in [3.05, 3.63) is 0 Å². The molecule has 78 valence electrons. The number of halogens is 4. The maximum Gasteiger partial charge on any atom is 0.394 e. The SMILES string of the molecule is Cl.NC12CCC(C(F)(F)F)(CC1)C2. The van der Waals surface area contributed by atoms with Crippen molar-refractivity contribution in [3.63, 3.8) is 0 Å². The largest absolute Gasteiger partial charge is 0.394 e. The lowest BCUT2D eigenvalue weighted by atomic mass is 9.83. The molecule has 0 radical (unpaired) electrons. The molecular weight excluding hydrogens is 203 g/mol. The van der Waals surface area contributed by atoms with E-state index in [1.54, 1.807) is 0 Å². The molecule has 2 aliphatic rings. The molecular formula is C8H13ClF3N. The predicted molar refractivity (Wildman–Crippen MR) is 45.7 cm³/mol. The number of hydrogen-bond acceptors (Lipinski definition) is 1. The topological polar surface area (TPSA) is 26.0 Å². The first-order valence-corrected chi connectivity index (χ1v) is 4.23. The van der Waals surface area contributed by atoms with Gasteiger partial charge in [0, 0.05) is 5.54 Å². The zero-order valence-corrected chi connectivity index (χ0v) is 7.97. The first kappa shape index (κ1) is 11.1. The van der Waals surface area contributed by atoms with Gasteiger partial charge >= 0.3 is 6.18 Å². The molecule has 0 amide bonds. The van der Waals surface area contributed by atoms with Crippen LogP contribution in [0.5, 0.6) is 0 Å². The van der Waals surface area contributed by atoms with Gasteiger partial charge in [0.1, 0.15) is 0 Å². The fraction of sp³-hybridized carbons (Fsp3) is 1.00. The lowest BCUT2D eigenvalue weighted by molar-refractivity contribution is -0.220. The monoisotopic (exact) mass is 215 g/mol. The van der Waals surface area contributed by atoms with E-state index in [0.717, 1.165) is 0 Å². The van der Waals surface area contributed by atoms with E-state index in [4.69, 9.17) is 5.73 Å². The summed E-state index contributed by atoms with van der Waals surface area (Å²) in [4.78, 5) is 0. The van der Waals surface area contributed by atoms with Gasteiger partial charge in [0.25, 0.3) is 0 Å². The summed E-state index contributed by atoms with van der Waals surface area (Å²) in [5.74, 6) is 0. The minimum absolute atomic E-state index is 0. The minimum Gasteiger partial charge on any atom is -0.325 e. The van der Waals surface area contributed by atoms with Gasteiger partial charge in [-0.25, -0.2) is 0 Å². The van der Waals surface area contributed by atoms with Crippen LogP contribution in [0.2, 0.25) is 0 Å². The Balaban J connectivity index is 0.000000845. The van der Waals surface area contributed by atoms with Crippen molar-refractivity contribution in [1.29, 1.82) is 0 Å². The van der Waals surface area contributed by atoms with E-state index in [2.05, 4.69) is 0 Å². The Kier molecular flexibility index (Phi) is 2.36. The van der Waals surface area contributed by atoms with E-state index in [1.165, 1.54) is 0 Å². The molecule has 2 saturated carbocycles. The molecule has 0 saturated heterocycles. The van der Waals surface area contributed by atoms with Crippen molar-refractivity contribution >= 4 is 12.4 Å². The zero-order valence-electron chi connectivity index (χ0n) is 7.16. The summed E-state index contributed by atoms with van der Waals surface area (Å²) < 4.78 is 37.7. The maximum absolute atomic E-state index is 12.6. The van der Waals surface area contributed by atoms with Crippen LogP contribution in [-0.4, -0.2) is 11.7 Å². The van der Waals surface area contributed by atoms with E-state index < -0.39 is 17.1 Å². The Morgan fingerprint density at radius 1 is 1.00 bits per heavy atom. The van der Waals surface area contributed by atoms with E-state index in [0.29, 0.717) is 12.8 Å². The average Bonchev–Trinajstić information content (AvgIpc) is 2.40. The van der Waals surface area contributed by atoms with Crippen molar-refractivity contribution in [1.82, 2.24) is 0 Å². The van der Waals surface area contributed by atoms with Gasteiger partial charge in [-0.2, -0.15) is 13.2 Å². The van der Waals surface area contributed by atoms with Gasteiger partial charge < -0.3 is 5.73 Å². The predicted octanol–water partition coefficient (Wildman–Crippen LogP) is 2.63. The Hall–Kier alpha value is 0.0400. The highest BCUT2D eigenvalue weighted by Crippen LogP contribution is 2.62. The molecule has 1 nitrogen and oxygen atoms in total. The quantitative estimate of drug-likeness (QED) is 0.661. The van der Waals surface area contributed by atoms with Gasteiger partial charge in [-0.1, -0.05) is 0 Å². The first-order chi connectivity index (χ1) is 5.37. The molecule has 0 aromatic rings. The van der Waals surface area contributed by atoms with Gasteiger partial charge in [0.05, 0.1) is 5.41 Å². The normalized spacial score (nSPS) is 43.4. The van der Waals surface area contributed by atoms with Crippen LogP contribution in [-0.2, 0) is 0 Å². The summed E-state index contributed by atoms with van der Waals surface area (Å²) >= 11 is 0. The molecule has 2 aliphatic carbocycles. The van der Waals surface area contributed by atoms with E-state index in [9.17, 15) is 13.2 Å². The van der Waals surface area contributed by atoms with Crippen molar-refractivity contribution in [2.24, 2.45) is 11.1 Å². The molecule has 0 heterocycles. The third kappa shape index (κ3) is 1.44. The summed E-state index contributed by atoms with van der Waals surface area (Å²) in [5, 5.41) is 0. The van der Waals surface area contributed by atoms with Crippen molar-refractivity contribution in [2.45, 2.75) is 43.8 Å². The van der Waals surface area contributed by atoms with E-state index >= 15 is 0 Å².